The first-order valence-corrected chi connectivity index (χ1v) is 7.49. The van der Waals surface area contributed by atoms with Gasteiger partial charge in [0.2, 0.25) is 5.88 Å². The molecule has 0 unspecified atom stereocenters. The van der Waals surface area contributed by atoms with Gasteiger partial charge in [0.1, 0.15) is 5.75 Å². The van der Waals surface area contributed by atoms with Gasteiger partial charge in [0.15, 0.2) is 0 Å². The quantitative estimate of drug-likeness (QED) is 0.759. The highest BCUT2D eigenvalue weighted by Gasteiger charge is 2.10. The molecule has 3 aromatic rings. The Balaban J connectivity index is 2.08. The van der Waals surface area contributed by atoms with Crippen LogP contribution in [0.1, 0.15) is 11.1 Å². The van der Waals surface area contributed by atoms with E-state index >= 15 is 0 Å². The van der Waals surface area contributed by atoms with Gasteiger partial charge in [-0.25, -0.2) is 4.98 Å². The van der Waals surface area contributed by atoms with Crippen LogP contribution in [-0.2, 0) is 6.54 Å². The average molecular weight is 343 g/mol. The molecule has 0 aliphatic carbocycles. The van der Waals surface area contributed by atoms with E-state index in [0.717, 1.165) is 32.3 Å². The number of para-hydroxylation sites is 1. The molecule has 0 radical (unpaired) electrons. The van der Waals surface area contributed by atoms with E-state index in [0.29, 0.717) is 12.4 Å². The van der Waals surface area contributed by atoms with Crippen molar-refractivity contribution in [3.05, 3.63) is 64.1 Å². The molecule has 0 saturated carbocycles. The maximum absolute atomic E-state index is 6.00. The third-order valence-corrected chi connectivity index (χ3v) is 3.83. The van der Waals surface area contributed by atoms with E-state index in [1.54, 1.807) is 0 Å². The summed E-state index contributed by atoms with van der Waals surface area (Å²) in [5.74, 6) is 1.35. The smallest absolute Gasteiger partial charge is 0.224 e. The molecule has 2 aromatic carbocycles. The van der Waals surface area contributed by atoms with Crippen LogP contribution in [0.15, 0.2) is 53.0 Å². The van der Waals surface area contributed by atoms with Crippen molar-refractivity contribution in [3.8, 4) is 11.6 Å². The van der Waals surface area contributed by atoms with E-state index in [9.17, 15) is 0 Å². The number of nitrogens with zero attached hydrogens (tertiary/aromatic N) is 1. The van der Waals surface area contributed by atoms with Gasteiger partial charge in [-0.1, -0.05) is 40.2 Å². The Bertz CT molecular complexity index is 802. The largest absolute Gasteiger partial charge is 0.438 e. The maximum atomic E-state index is 6.00. The summed E-state index contributed by atoms with van der Waals surface area (Å²) >= 11 is 3.46. The molecule has 0 amide bonds. The highest BCUT2D eigenvalue weighted by molar-refractivity contribution is 9.10. The molecule has 3 rings (SSSR count). The van der Waals surface area contributed by atoms with Crippen LogP contribution < -0.4 is 10.5 Å². The normalized spacial score (nSPS) is 10.8. The van der Waals surface area contributed by atoms with Gasteiger partial charge in [-0.2, -0.15) is 0 Å². The van der Waals surface area contributed by atoms with Crippen LogP contribution in [0.3, 0.4) is 0 Å². The highest BCUT2D eigenvalue weighted by atomic mass is 79.9. The van der Waals surface area contributed by atoms with Crippen molar-refractivity contribution in [2.24, 2.45) is 5.73 Å². The number of hydrogen-bond acceptors (Lipinski definition) is 3. The molecule has 21 heavy (non-hydrogen) atoms. The summed E-state index contributed by atoms with van der Waals surface area (Å²) in [4.78, 5) is 4.59. The van der Waals surface area contributed by atoms with Crippen molar-refractivity contribution in [1.82, 2.24) is 4.98 Å². The number of rotatable bonds is 3. The molecule has 0 bridgehead atoms. The number of hydrogen-bond donors (Lipinski definition) is 1. The lowest BCUT2D eigenvalue weighted by molar-refractivity contribution is 0.455. The lowest BCUT2D eigenvalue weighted by Gasteiger charge is -2.12. The van der Waals surface area contributed by atoms with Crippen LogP contribution in [0.4, 0.5) is 0 Å². The van der Waals surface area contributed by atoms with Gasteiger partial charge in [-0.05, 0) is 36.8 Å². The Labute approximate surface area is 131 Å². The predicted octanol–water partition coefficient (Wildman–Crippen LogP) is 4.56. The second-order valence-electron chi connectivity index (χ2n) is 4.86. The van der Waals surface area contributed by atoms with E-state index in [4.69, 9.17) is 10.5 Å². The van der Waals surface area contributed by atoms with E-state index in [1.165, 1.54) is 0 Å². The third kappa shape index (κ3) is 2.91. The summed E-state index contributed by atoms with van der Waals surface area (Å²) in [6.45, 7) is 2.39. The minimum atomic E-state index is 0.389. The summed E-state index contributed by atoms with van der Waals surface area (Å²) < 4.78 is 6.97. The van der Waals surface area contributed by atoms with E-state index in [1.807, 2.05) is 55.5 Å². The summed E-state index contributed by atoms with van der Waals surface area (Å²) in [5, 5.41) is 1.07. The number of ether oxygens (including phenoxy) is 1. The third-order valence-electron chi connectivity index (χ3n) is 3.34. The van der Waals surface area contributed by atoms with E-state index < -0.39 is 0 Å². The fourth-order valence-corrected chi connectivity index (χ4v) is 2.50. The monoisotopic (exact) mass is 342 g/mol. The zero-order valence-corrected chi connectivity index (χ0v) is 13.2. The molecule has 3 nitrogen and oxygen atoms in total. The number of fused-ring (bicyclic) bond motifs is 1. The summed E-state index contributed by atoms with van der Waals surface area (Å²) in [7, 11) is 0. The van der Waals surface area contributed by atoms with Gasteiger partial charge < -0.3 is 10.5 Å². The fraction of sp³-hybridized carbons (Fsp3) is 0.118. The zero-order valence-electron chi connectivity index (χ0n) is 11.6. The standard InChI is InChI=1S/C17H15BrN2O/c1-11-6-7-14(18)9-16(11)21-17-13(10-19)8-12-4-2-3-5-15(12)20-17/h2-9H,10,19H2,1H3. The number of pyridine rings is 1. The lowest BCUT2D eigenvalue weighted by atomic mass is 10.1. The minimum Gasteiger partial charge on any atom is -0.438 e. The van der Waals surface area contributed by atoms with Gasteiger partial charge >= 0.3 is 0 Å². The van der Waals surface area contributed by atoms with E-state index in [2.05, 4.69) is 20.9 Å². The van der Waals surface area contributed by atoms with Gasteiger partial charge in [0, 0.05) is 22.0 Å². The number of aryl methyl sites for hydroxylation is 1. The zero-order chi connectivity index (χ0) is 14.8. The van der Waals surface area contributed by atoms with Gasteiger partial charge in [0.05, 0.1) is 5.52 Å². The number of aromatic nitrogens is 1. The van der Waals surface area contributed by atoms with Crippen molar-refractivity contribution < 1.29 is 4.74 Å². The number of halogens is 1. The maximum Gasteiger partial charge on any atom is 0.224 e. The second kappa shape index (κ2) is 5.84. The molecule has 0 aliphatic rings. The Morgan fingerprint density at radius 3 is 2.76 bits per heavy atom. The molecule has 4 heteroatoms. The summed E-state index contributed by atoms with van der Waals surface area (Å²) in [6.07, 6.45) is 0. The molecule has 2 N–H and O–H groups in total. The molecule has 106 valence electrons. The van der Waals surface area contributed by atoms with Crippen LogP contribution >= 0.6 is 15.9 Å². The van der Waals surface area contributed by atoms with Crippen molar-refractivity contribution in [3.63, 3.8) is 0 Å². The SMILES string of the molecule is Cc1ccc(Br)cc1Oc1nc2ccccc2cc1CN. The van der Waals surface area contributed by atoms with Crippen LogP contribution in [-0.4, -0.2) is 4.98 Å². The van der Waals surface area contributed by atoms with Gasteiger partial charge in [-0.15, -0.1) is 0 Å². The van der Waals surface area contributed by atoms with Gasteiger partial charge in [-0.3, -0.25) is 0 Å². The Morgan fingerprint density at radius 1 is 1.14 bits per heavy atom. The van der Waals surface area contributed by atoms with Crippen LogP contribution in [0.25, 0.3) is 10.9 Å². The van der Waals surface area contributed by atoms with E-state index in [-0.39, 0.29) is 0 Å². The first-order valence-electron chi connectivity index (χ1n) is 6.70. The van der Waals surface area contributed by atoms with Crippen molar-refractivity contribution >= 4 is 26.8 Å². The molecule has 0 spiro atoms. The Morgan fingerprint density at radius 2 is 1.95 bits per heavy atom. The van der Waals surface area contributed by atoms with Crippen molar-refractivity contribution in [2.75, 3.05) is 0 Å². The first-order chi connectivity index (χ1) is 10.2. The molecule has 0 aliphatic heterocycles. The lowest BCUT2D eigenvalue weighted by Crippen LogP contribution is -2.02. The Kier molecular flexibility index (Phi) is 3.90. The molecule has 1 aromatic heterocycles. The molecule has 0 fully saturated rings. The molecule has 0 atom stereocenters. The Hall–Kier alpha value is -1.91. The van der Waals surface area contributed by atoms with Crippen LogP contribution in [0.2, 0.25) is 0 Å². The summed E-state index contributed by atoms with van der Waals surface area (Å²) in [5.41, 5.74) is 8.68. The molecule has 0 saturated heterocycles. The summed E-state index contributed by atoms with van der Waals surface area (Å²) in [6, 6.07) is 15.9. The predicted molar refractivity (Wildman–Crippen MR) is 88.6 cm³/mol. The second-order valence-corrected chi connectivity index (χ2v) is 5.78. The first kappa shape index (κ1) is 14.0. The van der Waals surface area contributed by atoms with Crippen LogP contribution in [0, 0.1) is 6.92 Å². The highest BCUT2D eigenvalue weighted by Crippen LogP contribution is 2.30. The number of nitrogens with two attached hydrogens (primary N) is 1. The average Bonchev–Trinajstić information content (AvgIpc) is 2.50. The van der Waals surface area contributed by atoms with Gasteiger partial charge in [0.25, 0.3) is 0 Å². The molecular weight excluding hydrogens is 328 g/mol. The topological polar surface area (TPSA) is 48.1 Å². The minimum absolute atomic E-state index is 0.389. The fourth-order valence-electron chi connectivity index (χ4n) is 2.16. The molecule has 1 heterocycles. The molecular formula is C17H15BrN2O. The van der Waals surface area contributed by atoms with Crippen molar-refractivity contribution in [1.29, 1.82) is 0 Å². The van der Waals surface area contributed by atoms with Crippen LogP contribution in [0.5, 0.6) is 11.6 Å². The number of benzene rings is 2. The van der Waals surface area contributed by atoms with Crippen molar-refractivity contribution in [2.45, 2.75) is 13.5 Å².